The Bertz CT molecular complexity index is 416. The lowest BCUT2D eigenvalue weighted by molar-refractivity contribution is 0.0608. The second-order valence-electron chi connectivity index (χ2n) is 4.81. The summed E-state index contributed by atoms with van der Waals surface area (Å²) in [4.78, 5) is 0. The smallest absolute Gasteiger partial charge is 0.127 e. The Morgan fingerprint density at radius 3 is 2.94 bits per heavy atom. The zero-order valence-corrected chi connectivity index (χ0v) is 11.9. The SMILES string of the molecule is CC1CCOC1C(Cc1ccc(Br)cc1F)NN. The summed E-state index contributed by atoms with van der Waals surface area (Å²) < 4.78 is 20.2. The highest BCUT2D eigenvalue weighted by Crippen LogP contribution is 2.25. The van der Waals surface area contributed by atoms with Gasteiger partial charge in [0, 0.05) is 11.1 Å². The van der Waals surface area contributed by atoms with Crippen LogP contribution in [0.1, 0.15) is 18.9 Å². The van der Waals surface area contributed by atoms with Crippen LogP contribution in [0.15, 0.2) is 22.7 Å². The van der Waals surface area contributed by atoms with Gasteiger partial charge in [0.1, 0.15) is 5.82 Å². The van der Waals surface area contributed by atoms with Crippen molar-refractivity contribution in [2.75, 3.05) is 6.61 Å². The van der Waals surface area contributed by atoms with E-state index in [-0.39, 0.29) is 18.0 Å². The fourth-order valence-electron chi connectivity index (χ4n) is 2.43. The average Bonchev–Trinajstić information content (AvgIpc) is 2.75. The van der Waals surface area contributed by atoms with Gasteiger partial charge < -0.3 is 4.74 Å². The van der Waals surface area contributed by atoms with E-state index in [2.05, 4.69) is 28.3 Å². The molecular formula is C13H18BrFN2O. The van der Waals surface area contributed by atoms with E-state index in [0.717, 1.165) is 17.5 Å². The lowest BCUT2D eigenvalue weighted by Crippen LogP contribution is -2.47. The molecule has 18 heavy (non-hydrogen) atoms. The molecule has 1 saturated heterocycles. The van der Waals surface area contributed by atoms with Gasteiger partial charge >= 0.3 is 0 Å². The highest BCUT2D eigenvalue weighted by Gasteiger charge is 2.31. The molecule has 3 atom stereocenters. The van der Waals surface area contributed by atoms with Crippen molar-refractivity contribution in [2.24, 2.45) is 11.8 Å². The summed E-state index contributed by atoms with van der Waals surface area (Å²) in [6.45, 7) is 2.90. The number of nitrogens with one attached hydrogen (secondary N) is 1. The van der Waals surface area contributed by atoms with Gasteiger partial charge in [0.2, 0.25) is 0 Å². The molecule has 0 bridgehead atoms. The average molecular weight is 317 g/mol. The number of hydrogen-bond acceptors (Lipinski definition) is 3. The lowest BCUT2D eigenvalue weighted by Gasteiger charge is -2.25. The van der Waals surface area contributed by atoms with Gasteiger partial charge in [0.05, 0.1) is 12.1 Å². The molecule has 0 radical (unpaired) electrons. The van der Waals surface area contributed by atoms with Crippen molar-refractivity contribution >= 4 is 15.9 Å². The monoisotopic (exact) mass is 316 g/mol. The molecule has 5 heteroatoms. The molecule has 1 aliphatic heterocycles. The molecule has 0 aromatic heterocycles. The van der Waals surface area contributed by atoms with E-state index < -0.39 is 0 Å². The van der Waals surface area contributed by atoms with Crippen molar-refractivity contribution in [2.45, 2.75) is 31.9 Å². The Hall–Kier alpha value is -0.490. The first-order chi connectivity index (χ1) is 8.61. The molecular weight excluding hydrogens is 299 g/mol. The molecule has 3 N–H and O–H groups in total. The number of hydrogen-bond donors (Lipinski definition) is 2. The van der Waals surface area contributed by atoms with Gasteiger partial charge in [-0.3, -0.25) is 11.3 Å². The molecule has 2 rings (SSSR count). The molecule has 3 unspecified atom stereocenters. The molecule has 100 valence electrons. The van der Waals surface area contributed by atoms with Gasteiger partial charge in [0.25, 0.3) is 0 Å². The second kappa shape index (κ2) is 6.10. The van der Waals surface area contributed by atoms with Crippen LogP contribution in [-0.4, -0.2) is 18.8 Å². The lowest BCUT2D eigenvalue weighted by atomic mass is 9.93. The maximum atomic E-state index is 13.8. The predicted octanol–water partition coefficient (Wildman–Crippen LogP) is 2.39. The van der Waals surface area contributed by atoms with Crippen LogP contribution in [0.2, 0.25) is 0 Å². The Morgan fingerprint density at radius 2 is 2.39 bits per heavy atom. The fraction of sp³-hybridized carbons (Fsp3) is 0.538. The standard InChI is InChI=1S/C13H18BrFN2O/c1-8-4-5-18-13(8)12(17-16)6-9-2-3-10(14)7-11(9)15/h2-3,7-8,12-13,17H,4-6,16H2,1H3. The minimum absolute atomic E-state index is 0.0537. The topological polar surface area (TPSA) is 47.3 Å². The number of nitrogens with two attached hydrogens (primary N) is 1. The first kappa shape index (κ1) is 13.9. The van der Waals surface area contributed by atoms with E-state index in [1.54, 1.807) is 6.07 Å². The Labute approximate surface area is 115 Å². The number of ether oxygens (including phenoxy) is 1. The summed E-state index contributed by atoms with van der Waals surface area (Å²) in [5.41, 5.74) is 3.42. The molecule has 1 fully saturated rings. The molecule has 0 amide bonds. The van der Waals surface area contributed by atoms with Gasteiger partial charge in [-0.05, 0) is 36.5 Å². The Balaban J connectivity index is 2.10. The van der Waals surface area contributed by atoms with Crippen LogP contribution in [0.5, 0.6) is 0 Å². The van der Waals surface area contributed by atoms with Gasteiger partial charge in [-0.2, -0.15) is 0 Å². The van der Waals surface area contributed by atoms with Crippen LogP contribution >= 0.6 is 15.9 Å². The molecule has 1 aromatic carbocycles. The van der Waals surface area contributed by atoms with Crippen molar-refractivity contribution in [1.29, 1.82) is 0 Å². The maximum absolute atomic E-state index is 13.8. The summed E-state index contributed by atoms with van der Waals surface area (Å²) in [5.74, 6) is 5.82. The summed E-state index contributed by atoms with van der Waals surface area (Å²) in [6, 6.07) is 5.04. The summed E-state index contributed by atoms with van der Waals surface area (Å²) in [6.07, 6.45) is 1.62. The third-order valence-electron chi connectivity index (χ3n) is 3.51. The zero-order valence-electron chi connectivity index (χ0n) is 10.3. The first-order valence-electron chi connectivity index (χ1n) is 6.13. The molecule has 0 spiro atoms. The predicted molar refractivity (Wildman–Crippen MR) is 72.4 cm³/mol. The molecule has 0 saturated carbocycles. The van der Waals surface area contributed by atoms with Crippen molar-refractivity contribution in [3.63, 3.8) is 0 Å². The van der Waals surface area contributed by atoms with Crippen molar-refractivity contribution < 1.29 is 9.13 Å². The normalized spacial score (nSPS) is 25.3. The summed E-state index contributed by atoms with van der Waals surface area (Å²) in [5, 5.41) is 0. The molecule has 3 nitrogen and oxygen atoms in total. The van der Waals surface area contributed by atoms with E-state index in [1.807, 2.05) is 6.07 Å². The van der Waals surface area contributed by atoms with Gasteiger partial charge in [0.15, 0.2) is 0 Å². The number of hydrazine groups is 1. The van der Waals surface area contributed by atoms with Crippen molar-refractivity contribution in [3.8, 4) is 0 Å². The summed E-state index contributed by atoms with van der Waals surface area (Å²) >= 11 is 3.25. The summed E-state index contributed by atoms with van der Waals surface area (Å²) in [7, 11) is 0. The van der Waals surface area contributed by atoms with E-state index in [4.69, 9.17) is 10.6 Å². The highest BCUT2D eigenvalue weighted by atomic mass is 79.9. The van der Waals surface area contributed by atoms with Crippen LogP contribution in [0.3, 0.4) is 0 Å². The number of rotatable bonds is 4. The van der Waals surface area contributed by atoms with Crippen LogP contribution in [0.4, 0.5) is 4.39 Å². The van der Waals surface area contributed by atoms with Crippen LogP contribution in [0, 0.1) is 11.7 Å². The van der Waals surface area contributed by atoms with E-state index in [9.17, 15) is 4.39 Å². The molecule has 0 aliphatic carbocycles. The minimum Gasteiger partial charge on any atom is -0.376 e. The van der Waals surface area contributed by atoms with Crippen LogP contribution in [0.25, 0.3) is 0 Å². The van der Waals surface area contributed by atoms with Gasteiger partial charge in [-0.1, -0.05) is 28.9 Å². The fourth-order valence-corrected chi connectivity index (χ4v) is 2.76. The molecule has 1 heterocycles. The molecule has 1 aromatic rings. The van der Waals surface area contributed by atoms with E-state index >= 15 is 0 Å². The van der Waals surface area contributed by atoms with E-state index in [1.165, 1.54) is 6.07 Å². The van der Waals surface area contributed by atoms with Gasteiger partial charge in [-0.15, -0.1) is 0 Å². The maximum Gasteiger partial charge on any atom is 0.127 e. The molecule has 1 aliphatic rings. The largest absolute Gasteiger partial charge is 0.376 e. The van der Waals surface area contributed by atoms with Crippen LogP contribution < -0.4 is 11.3 Å². The number of halogens is 2. The van der Waals surface area contributed by atoms with Gasteiger partial charge in [-0.25, -0.2) is 4.39 Å². The second-order valence-corrected chi connectivity index (χ2v) is 5.73. The quantitative estimate of drug-likeness (QED) is 0.662. The van der Waals surface area contributed by atoms with Crippen molar-refractivity contribution in [3.05, 3.63) is 34.1 Å². The zero-order chi connectivity index (χ0) is 13.1. The highest BCUT2D eigenvalue weighted by molar-refractivity contribution is 9.10. The number of benzene rings is 1. The third-order valence-corrected chi connectivity index (χ3v) is 4.00. The Kier molecular flexibility index (Phi) is 4.72. The minimum atomic E-state index is -0.213. The Morgan fingerprint density at radius 1 is 1.61 bits per heavy atom. The van der Waals surface area contributed by atoms with Crippen molar-refractivity contribution in [1.82, 2.24) is 5.43 Å². The van der Waals surface area contributed by atoms with E-state index in [0.29, 0.717) is 17.9 Å². The third kappa shape index (κ3) is 3.09. The first-order valence-corrected chi connectivity index (χ1v) is 6.92. The van der Waals surface area contributed by atoms with Crippen LogP contribution in [-0.2, 0) is 11.2 Å².